The second kappa shape index (κ2) is 7.23. The lowest BCUT2D eigenvalue weighted by atomic mass is 10.2. The smallest absolute Gasteiger partial charge is 0.269 e. The molecule has 122 valence electrons. The molecule has 1 aromatic heterocycles. The van der Waals surface area contributed by atoms with Gasteiger partial charge in [0.2, 0.25) is 0 Å². The summed E-state index contributed by atoms with van der Waals surface area (Å²) in [6.07, 6.45) is 1.61. The van der Waals surface area contributed by atoms with Gasteiger partial charge in [-0.2, -0.15) is 5.10 Å². The van der Waals surface area contributed by atoms with E-state index in [-0.39, 0.29) is 0 Å². The van der Waals surface area contributed by atoms with Crippen LogP contribution < -0.4 is 14.8 Å². The number of anilines is 2. The van der Waals surface area contributed by atoms with Crippen LogP contribution in [0.25, 0.3) is 0 Å². The Morgan fingerprint density at radius 1 is 1.04 bits per heavy atom. The highest BCUT2D eigenvalue weighted by atomic mass is 16.5. The van der Waals surface area contributed by atoms with Gasteiger partial charge in [-0.3, -0.25) is 0 Å². The quantitative estimate of drug-likeness (QED) is 0.700. The zero-order valence-electron chi connectivity index (χ0n) is 13.2. The fraction of sp³-hybridized carbons (Fsp3) is 0.125. The van der Waals surface area contributed by atoms with Crippen LogP contribution >= 0.6 is 0 Å². The maximum Gasteiger partial charge on any atom is 0.269 e. The molecule has 8 heteroatoms. The molecule has 0 aliphatic heterocycles. The molecule has 0 bridgehead atoms. The Hall–Kier alpha value is -3.42. The van der Waals surface area contributed by atoms with Gasteiger partial charge in [0.05, 0.1) is 20.4 Å². The summed E-state index contributed by atoms with van der Waals surface area (Å²) in [7, 11) is 3.16. The van der Waals surface area contributed by atoms with Gasteiger partial charge in [-0.25, -0.2) is 0 Å². The molecule has 0 fully saturated rings. The molecule has 0 amide bonds. The highest BCUT2D eigenvalue weighted by Crippen LogP contribution is 2.29. The molecule has 0 spiro atoms. The zero-order valence-corrected chi connectivity index (χ0v) is 13.2. The molecule has 3 rings (SSSR count). The molecular weight excluding hydrogens is 308 g/mol. The standard InChI is InChI=1S/C16H16N6O2/c1-23-14-10-6-7-12(15(14)24-2)11-17-22-16(19-20-21-22)18-13-8-4-3-5-9-13/h3-11H,1-2H3,(H,18,19,21). The summed E-state index contributed by atoms with van der Waals surface area (Å²) >= 11 is 0. The number of nitrogens with one attached hydrogen (secondary N) is 1. The van der Waals surface area contributed by atoms with Crippen molar-refractivity contribution in [2.75, 3.05) is 19.5 Å². The average Bonchev–Trinajstić information content (AvgIpc) is 3.07. The van der Waals surface area contributed by atoms with E-state index in [0.29, 0.717) is 17.4 Å². The summed E-state index contributed by atoms with van der Waals surface area (Å²) < 4.78 is 10.6. The van der Waals surface area contributed by atoms with E-state index in [0.717, 1.165) is 11.3 Å². The number of rotatable bonds is 6. The minimum absolute atomic E-state index is 0.402. The summed E-state index contributed by atoms with van der Waals surface area (Å²) in [5.74, 6) is 1.62. The van der Waals surface area contributed by atoms with Crippen molar-refractivity contribution in [1.29, 1.82) is 0 Å². The molecule has 0 aliphatic carbocycles. The molecule has 1 heterocycles. The summed E-state index contributed by atoms with van der Waals surface area (Å²) in [4.78, 5) is 1.30. The number of methoxy groups -OCH3 is 2. The zero-order chi connectivity index (χ0) is 16.8. The van der Waals surface area contributed by atoms with Gasteiger partial charge in [0.25, 0.3) is 5.95 Å². The monoisotopic (exact) mass is 324 g/mol. The lowest BCUT2D eigenvalue weighted by molar-refractivity contribution is 0.354. The van der Waals surface area contributed by atoms with Crippen LogP contribution in [0.4, 0.5) is 11.6 Å². The molecule has 8 nitrogen and oxygen atoms in total. The lowest BCUT2D eigenvalue weighted by Crippen LogP contribution is -2.02. The molecule has 1 N–H and O–H groups in total. The van der Waals surface area contributed by atoms with Gasteiger partial charge in [0, 0.05) is 11.3 Å². The molecule has 0 radical (unpaired) electrons. The number of benzene rings is 2. The minimum Gasteiger partial charge on any atom is -0.493 e. The third-order valence-corrected chi connectivity index (χ3v) is 3.22. The SMILES string of the molecule is COc1cccc(C=Nn2nnnc2Nc2ccccc2)c1OC. The molecule has 0 saturated carbocycles. The Morgan fingerprint density at radius 2 is 1.88 bits per heavy atom. The van der Waals surface area contributed by atoms with Gasteiger partial charge in [0.15, 0.2) is 11.5 Å². The molecule has 24 heavy (non-hydrogen) atoms. The van der Waals surface area contributed by atoms with Crippen LogP contribution in [0.5, 0.6) is 11.5 Å². The number of tetrazole rings is 1. The van der Waals surface area contributed by atoms with Gasteiger partial charge >= 0.3 is 0 Å². The number of hydrogen-bond acceptors (Lipinski definition) is 7. The van der Waals surface area contributed by atoms with E-state index in [4.69, 9.17) is 9.47 Å². The maximum atomic E-state index is 5.37. The first-order chi connectivity index (χ1) is 11.8. The van der Waals surface area contributed by atoms with E-state index in [1.54, 1.807) is 20.4 Å². The molecule has 0 aliphatic rings. The first kappa shape index (κ1) is 15.5. The topological polar surface area (TPSA) is 86.5 Å². The predicted octanol–water partition coefficient (Wildman–Crippen LogP) is 2.32. The fourth-order valence-electron chi connectivity index (χ4n) is 2.12. The van der Waals surface area contributed by atoms with Crippen molar-refractivity contribution in [1.82, 2.24) is 20.3 Å². The summed E-state index contributed by atoms with van der Waals surface area (Å²) in [6, 6.07) is 15.1. The Balaban J connectivity index is 1.85. The van der Waals surface area contributed by atoms with Crippen molar-refractivity contribution in [3.8, 4) is 11.5 Å². The van der Waals surface area contributed by atoms with Crippen molar-refractivity contribution in [2.24, 2.45) is 5.10 Å². The molecule has 0 unspecified atom stereocenters. The van der Waals surface area contributed by atoms with Crippen LogP contribution in [-0.2, 0) is 0 Å². The third kappa shape index (κ3) is 3.32. The average molecular weight is 324 g/mol. The predicted molar refractivity (Wildman–Crippen MR) is 90.1 cm³/mol. The molecule has 3 aromatic rings. The van der Waals surface area contributed by atoms with Crippen LogP contribution in [0.3, 0.4) is 0 Å². The Morgan fingerprint density at radius 3 is 2.62 bits per heavy atom. The first-order valence-corrected chi connectivity index (χ1v) is 7.17. The first-order valence-electron chi connectivity index (χ1n) is 7.17. The van der Waals surface area contributed by atoms with Crippen molar-refractivity contribution >= 4 is 17.9 Å². The Labute approximate surface area is 138 Å². The van der Waals surface area contributed by atoms with Crippen LogP contribution in [0, 0.1) is 0 Å². The van der Waals surface area contributed by atoms with Gasteiger partial charge in [-0.15, -0.1) is 0 Å². The van der Waals surface area contributed by atoms with Crippen molar-refractivity contribution < 1.29 is 9.47 Å². The second-order valence-electron chi connectivity index (χ2n) is 4.71. The van der Waals surface area contributed by atoms with Crippen molar-refractivity contribution in [2.45, 2.75) is 0 Å². The summed E-state index contributed by atoms with van der Waals surface area (Å²) in [5.41, 5.74) is 1.61. The van der Waals surface area contributed by atoms with E-state index < -0.39 is 0 Å². The van der Waals surface area contributed by atoms with E-state index in [9.17, 15) is 0 Å². The normalized spacial score (nSPS) is 10.8. The van der Waals surface area contributed by atoms with E-state index in [1.807, 2.05) is 48.5 Å². The Bertz CT molecular complexity index is 832. The van der Waals surface area contributed by atoms with Gasteiger partial charge < -0.3 is 14.8 Å². The van der Waals surface area contributed by atoms with Crippen LogP contribution in [0.15, 0.2) is 53.6 Å². The number of para-hydroxylation sites is 2. The van der Waals surface area contributed by atoms with Gasteiger partial charge in [-0.05, 0) is 34.7 Å². The second-order valence-corrected chi connectivity index (χ2v) is 4.71. The van der Waals surface area contributed by atoms with E-state index >= 15 is 0 Å². The van der Waals surface area contributed by atoms with E-state index in [2.05, 4.69) is 25.9 Å². The van der Waals surface area contributed by atoms with Gasteiger partial charge in [-0.1, -0.05) is 34.2 Å². The molecule has 0 atom stereocenters. The van der Waals surface area contributed by atoms with Crippen LogP contribution in [0.2, 0.25) is 0 Å². The number of hydrogen-bond donors (Lipinski definition) is 1. The lowest BCUT2D eigenvalue weighted by Gasteiger charge is -2.09. The van der Waals surface area contributed by atoms with Crippen molar-refractivity contribution in [3.63, 3.8) is 0 Å². The van der Waals surface area contributed by atoms with Crippen LogP contribution in [-0.4, -0.2) is 40.8 Å². The minimum atomic E-state index is 0.402. The number of nitrogens with zero attached hydrogens (tertiary/aromatic N) is 5. The molecular formula is C16H16N6O2. The highest BCUT2D eigenvalue weighted by Gasteiger charge is 2.09. The fourth-order valence-corrected chi connectivity index (χ4v) is 2.12. The maximum absolute atomic E-state index is 5.37. The van der Waals surface area contributed by atoms with Crippen LogP contribution in [0.1, 0.15) is 5.56 Å². The van der Waals surface area contributed by atoms with Crippen molar-refractivity contribution in [3.05, 3.63) is 54.1 Å². The van der Waals surface area contributed by atoms with E-state index in [1.165, 1.54) is 4.79 Å². The molecule has 2 aromatic carbocycles. The number of aromatic nitrogens is 4. The third-order valence-electron chi connectivity index (χ3n) is 3.22. The van der Waals surface area contributed by atoms with Gasteiger partial charge in [0.1, 0.15) is 0 Å². The molecule has 0 saturated heterocycles. The Kier molecular flexibility index (Phi) is 4.66. The summed E-state index contributed by atoms with van der Waals surface area (Å²) in [6.45, 7) is 0. The largest absolute Gasteiger partial charge is 0.493 e. The highest BCUT2D eigenvalue weighted by molar-refractivity contribution is 5.85. The summed E-state index contributed by atoms with van der Waals surface area (Å²) in [5, 5.41) is 18.8. The number of ether oxygens (including phenoxy) is 2.